The highest BCUT2D eigenvalue weighted by Crippen LogP contribution is 2.26. The Morgan fingerprint density at radius 3 is 2.50 bits per heavy atom. The molecule has 108 valence electrons. The van der Waals surface area contributed by atoms with E-state index in [1.807, 2.05) is 0 Å². The highest BCUT2D eigenvalue weighted by atomic mass is 16.6. The number of aryl methyl sites for hydroxylation is 2. The lowest BCUT2D eigenvalue weighted by Crippen LogP contribution is -2.37. The Bertz CT molecular complexity index is 570. The Kier molecular flexibility index (Phi) is 4.76. The molecule has 1 atom stereocenters. The highest BCUT2D eigenvalue weighted by Gasteiger charge is 2.19. The molecule has 0 spiro atoms. The van der Waals surface area contributed by atoms with Crippen LogP contribution in [-0.4, -0.2) is 27.9 Å². The van der Waals surface area contributed by atoms with Gasteiger partial charge in [-0.15, -0.1) is 0 Å². The summed E-state index contributed by atoms with van der Waals surface area (Å²) in [5.74, 6) is -1.83. The molecule has 1 amide bonds. The SMILES string of the molecule is Cc1cc([N+](=O)[O-])c(C)cc1NC(=O)C(N)CC(=O)O. The number of nitro benzene ring substituents is 1. The smallest absolute Gasteiger partial charge is 0.305 e. The Morgan fingerprint density at radius 2 is 2.00 bits per heavy atom. The summed E-state index contributed by atoms with van der Waals surface area (Å²) in [7, 11) is 0. The molecule has 0 heterocycles. The Labute approximate surface area is 114 Å². The first-order valence-corrected chi connectivity index (χ1v) is 5.76. The Morgan fingerprint density at radius 1 is 1.40 bits per heavy atom. The van der Waals surface area contributed by atoms with Gasteiger partial charge in [0.1, 0.15) is 0 Å². The van der Waals surface area contributed by atoms with Crippen molar-refractivity contribution in [3.8, 4) is 0 Å². The molecule has 0 aliphatic rings. The van der Waals surface area contributed by atoms with Crippen LogP contribution < -0.4 is 11.1 Å². The van der Waals surface area contributed by atoms with Crippen LogP contribution in [0.5, 0.6) is 0 Å². The van der Waals surface area contributed by atoms with Gasteiger partial charge in [0.05, 0.1) is 17.4 Å². The number of nitrogens with zero attached hydrogens (tertiary/aromatic N) is 1. The molecule has 1 aromatic carbocycles. The van der Waals surface area contributed by atoms with Gasteiger partial charge in [0.2, 0.25) is 5.91 Å². The number of rotatable bonds is 5. The van der Waals surface area contributed by atoms with Crippen molar-refractivity contribution in [2.75, 3.05) is 5.32 Å². The second-order valence-electron chi connectivity index (χ2n) is 4.40. The van der Waals surface area contributed by atoms with Crippen LogP contribution in [0, 0.1) is 24.0 Å². The van der Waals surface area contributed by atoms with Gasteiger partial charge in [-0.25, -0.2) is 0 Å². The number of anilines is 1. The summed E-state index contributed by atoms with van der Waals surface area (Å²) in [4.78, 5) is 32.4. The number of carboxylic acids is 1. The van der Waals surface area contributed by atoms with Gasteiger partial charge in [0.25, 0.3) is 5.69 Å². The van der Waals surface area contributed by atoms with Gasteiger partial charge in [-0.2, -0.15) is 0 Å². The van der Waals surface area contributed by atoms with Crippen LogP contribution in [0.1, 0.15) is 17.5 Å². The molecular formula is C12H15N3O5. The summed E-state index contributed by atoms with van der Waals surface area (Å²) in [6.45, 7) is 3.15. The quantitative estimate of drug-likeness (QED) is 0.543. The zero-order chi connectivity index (χ0) is 15.4. The number of nitrogens with two attached hydrogens (primary N) is 1. The third-order valence-electron chi connectivity index (χ3n) is 2.73. The molecule has 0 saturated heterocycles. The number of carboxylic acid groups (broad SMARTS) is 1. The van der Waals surface area contributed by atoms with Crippen LogP contribution >= 0.6 is 0 Å². The van der Waals surface area contributed by atoms with E-state index in [-0.39, 0.29) is 5.69 Å². The molecule has 8 heteroatoms. The minimum absolute atomic E-state index is 0.0460. The van der Waals surface area contributed by atoms with Gasteiger partial charge in [-0.05, 0) is 25.5 Å². The monoisotopic (exact) mass is 281 g/mol. The minimum Gasteiger partial charge on any atom is -0.481 e. The van der Waals surface area contributed by atoms with E-state index in [0.29, 0.717) is 16.8 Å². The van der Waals surface area contributed by atoms with Crippen LogP contribution in [0.4, 0.5) is 11.4 Å². The number of carbonyl (C=O) groups excluding carboxylic acids is 1. The lowest BCUT2D eigenvalue weighted by molar-refractivity contribution is -0.385. The maximum atomic E-state index is 11.7. The Balaban J connectivity index is 2.93. The third kappa shape index (κ3) is 3.75. The van der Waals surface area contributed by atoms with Crippen molar-refractivity contribution in [2.24, 2.45) is 5.73 Å². The van der Waals surface area contributed by atoms with E-state index in [1.54, 1.807) is 13.8 Å². The van der Waals surface area contributed by atoms with Crippen LogP contribution in [0.15, 0.2) is 12.1 Å². The number of carbonyl (C=O) groups is 2. The van der Waals surface area contributed by atoms with Crippen molar-refractivity contribution in [3.63, 3.8) is 0 Å². The maximum absolute atomic E-state index is 11.7. The molecule has 0 aromatic heterocycles. The number of hydrogen-bond donors (Lipinski definition) is 3. The van der Waals surface area contributed by atoms with E-state index in [4.69, 9.17) is 10.8 Å². The molecule has 20 heavy (non-hydrogen) atoms. The van der Waals surface area contributed by atoms with E-state index in [2.05, 4.69) is 5.32 Å². The van der Waals surface area contributed by atoms with Crippen molar-refractivity contribution < 1.29 is 19.6 Å². The number of amides is 1. The molecule has 4 N–H and O–H groups in total. The lowest BCUT2D eigenvalue weighted by atomic mass is 10.1. The van der Waals surface area contributed by atoms with E-state index < -0.39 is 29.3 Å². The summed E-state index contributed by atoms with van der Waals surface area (Å²) >= 11 is 0. The predicted molar refractivity (Wildman–Crippen MR) is 71.4 cm³/mol. The zero-order valence-corrected chi connectivity index (χ0v) is 11.0. The van der Waals surface area contributed by atoms with E-state index in [9.17, 15) is 19.7 Å². The van der Waals surface area contributed by atoms with Crippen LogP contribution in [0.3, 0.4) is 0 Å². The first-order valence-electron chi connectivity index (χ1n) is 5.76. The lowest BCUT2D eigenvalue weighted by Gasteiger charge is -2.13. The van der Waals surface area contributed by atoms with Gasteiger partial charge in [-0.1, -0.05) is 0 Å². The average Bonchev–Trinajstić information content (AvgIpc) is 2.31. The van der Waals surface area contributed by atoms with E-state index in [0.717, 1.165) is 0 Å². The van der Waals surface area contributed by atoms with Gasteiger partial charge < -0.3 is 16.2 Å². The van der Waals surface area contributed by atoms with Crippen molar-refractivity contribution in [2.45, 2.75) is 26.3 Å². The Hall–Kier alpha value is -2.48. The van der Waals surface area contributed by atoms with E-state index in [1.165, 1.54) is 12.1 Å². The topological polar surface area (TPSA) is 136 Å². The van der Waals surface area contributed by atoms with Gasteiger partial charge >= 0.3 is 5.97 Å². The number of aliphatic carboxylic acids is 1. The fraction of sp³-hybridized carbons (Fsp3) is 0.333. The predicted octanol–water partition coefficient (Wildman–Crippen LogP) is 0.952. The minimum atomic E-state index is -1.18. The zero-order valence-electron chi connectivity index (χ0n) is 11.0. The summed E-state index contributed by atoms with van der Waals surface area (Å²) in [6, 6.07) is 1.62. The molecule has 0 saturated carbocycles. The standard InChI is InChI=1S/C12H15N3O5/c1-6-4-10(15(19)20)7(2)3-9(6)14-12(18)8(13)5-11(16)17/h3-4,8H,5,13H2,1-2H3,(H,14,18)(H,16,17). The van der Waals surface area contributed by atoms with Crippen LogP contribution in [0.25, 0.3) is 0 Å². The number of benzene rings is 1. The third-order valence-corrected chi connectivity index (χ3v) is 2.73. The largest absolute Gasteiger partial charge is 0.481 e. The summed E-state index contributed by atoms with van der Waals surface area (Å²) in [5.41, 5.74) is 6.65. The molecule has 1 unspecified atom stereocenters. The number of nitro groups is 1. The molecule has 1 rings (SSSR count). The molecule has 0 radical (unpaired) electrons. The van der Waals surface area contributed by atoms with Gasteiger partial charge in [0.15, 0.2) is 0 Å². The molecule has 1 aromatic rings. The summed E-state index contributed by atoms with van der Waals surface area (Å²) in [5, 5.41) is 21.8. The molecular weight excluding hydrogens is 266 g/mol. The molecule has 0 fully saturated rings. The van der Waals surface area contributed by atoms with Crippen LogP contribution in [0.2, 0.25) is 0 Å². The number of nitrogens with one attached hydrogen (secondary N) is 1. The molecule has 0 bridgehead atoms. The molecule has 8 nitrogen and oxygen atoms in total. The summed E-state index contributed by atoms with van der Waals surface area (Å²) in [6.07, 6.45) is -0.489. The normalized spacial score (nSPS) is 11.8. The number of hydrogen-bond acceptors (Lipinski definition) is 5. The van der Waals surface area contributed by atoms with E-state index >= 15 is 0 Å². The van der Waals surface area contributed by atoms with Crippen molar-refractivity contribution >= 4 is 23.3 Å². The first-order chi connectivity index (χ1) is 9.22. The molecule has 0 aliphatic heterocycles. The van der Waals surface area contributed by atoms with Crippen molar-refractivity contribution in [1.82, 2.24) is 0 Å². The average molecular weight is 281 g/mol. The highest BCUT2D eigenvalue weighted by molar-refractivity contribution is 5.97. The van der Waals surface area contributed by atoms with Gasteiger partial charge in [0, 0.05) is 17.3 Å². The molecule has 0 aliphatic carbocycles. The maximum Gasteiger partial charge on any atom is 0.305 e. The first kappa shape index (κ1) is 15.6. The fourth-order valence-corrected chi connectivity index (χ4v) is 1.64. The second kappa shape index (κ2) is 6.11. The fourth-order valence-electron chi connectivity index (χ4n) is 1.64. The summed E-state index contributed by atoms with van der Waals surface area (Å²) < 4.78 is 0. The van der Waals surface area contributed by atoms with Gasteiger partial charge in [-0.3, -0.25) is 19.7 Å². The van der Waals surface area contributed by atoms with Crippen LogP contribution in [-0.2, 0) is 9.59 Å². The van der Waals surface area contributed by atoms with Crippen molar-refractivity contribution in [3.05, 3.63) is 33.4 Å². The second-order valence-corrected chi connectivity index (χ2v) is 4.40. The van der Waals surface area contributed by atoms with Crippen molar-refractivity contribution in [1.29, 1.82) is 0 Å².